The predicted molar refractivity (Wildman–Crippen MR) is 120 cm³/mol. The zero-order valence-electron chi connectivity index (χ0n) is 16.3. The van der Waals surface area contributed by atoms with Crippen molar-refractivity contribution in [2.45, 2.75) is 11.4 Å². The third-order valence-electron chi connectivity index (χ3n) is 4.49. The van der Waals surface area contributed by atoms with Gasteiger partial charge in [-0.2, -0.15) is 0 Å². The number of amides is 1. The molecule has 150 valence electrons. The molecule has 0 aromatic heterocycles. The SMILES string of the molecule is CNc1ccc(F)cc1.O=CNc1ccc2c(c1)N(Cc1ccccc1)CCS2. The number of fused-ring (bicyclic) bond motifs is 1. The number of benzene rings is 3. The molecule has 3 aromatic rings. The van der Waals surface area contributed by atoms with Crippen LogP contribution in [0, 0.1) is 5.82 Å². The Morgan fingerprint density at radius 1 is 1.03 bits per heavy atom. The molecule has 0 saturated heterocycles. The number of hydrogen-bond acceptors (Lipinski definition) is 4. The lowest BCUT2D eigenvalue weighted by atomic mass is 10.2. The van der Waals surface area contributed by atoms with Crippen molar-refractivity contribution >= 4 is 35.2 Å². The molecule has 0 atom stereocenters. The molecule has 6 heteroatoms. The number of carbonyl (C=O) groups excluding carboxylic acids is 1. The van der Waals surface area contributed by atoms with Crippen LogP contribution in [-0.4, -0.2) is 25.8 Å². The molecule has 29 heavy (non-hydrogen) atoms. The molecule has 1 aliphatic rings. The van der Waals surface area contributed by atoms with E-state index in [9.17, 15) is 9.18 Å². The summed E-state index contributed by atoms with van der Waals surface area (Å²) >= 11 is 1.87. The number of halogens is 1. The molecule has 0 saturated carbocycles. The van der Waals surface area contributed by atoms with Crippen molar-refractivity contribution in [3.8, 4) is 0 Å². The molecule has 3 aromatic carbocycles. The lowest BCUT2D eigenvalue weighted by molar-refractivity contribution is -0.105. The van der Waals surface area contributed by atoms with Crippen LogP contribution in [-0.2, 0) is 11.3 Å². The van der Waals surface area contributed by atoms with Crippen LogP contribution >= 0.6 is 11.8 Å². The average Bonchev–Trinajstić information content (AvgIpc) is 2.76. The number of anilines is 3. The van der Waals surface area contributed by atoms with Crippen LogP contribution in [0.3, 0.4) is 0 Å². The summed E-state index contributed by atoms with van der Waals surface area (Å²) in [6, 6.07) is 22.8. The molecule has 0 bridgehead atoms. The average molecular weight is 410 g/mol. The van der Waals surface area contributed by atoms with E-state index in [2.05, 4.69) is 51.9 Å². The minimum atomic E-state index is -0.200. The molecular formula is C23H24FN3OS. The van der Waals surface area contributed by atoms with Crippen molar-refractivity contribution in [1.82, 2.24) is 0 Å². The van der Waals surface area contributed by atoms with Crippen LogP contribution in [0.25, 0.3) is 0 Å². The number of hydrogen-bond donors (Lipinski definition) is 2. The first-order chi connectivity index (χ1) is 14.2. The molecule has 0 aliphatic carbocycles. The van der Waals surface area contributed by atoms with Crippen LogP contribution in [0.5, 0.6) is 0 Å². The summed E-state index contributed by atoms with van der Waals surface area (Å²) < 4.78 is 12.2. The van der Waals surface area contributed by atoms with Gasteiger partial charge in [-0.15, -0.1) is 11.8 Å². The minimum Gasteiger partial charge on any atom is -0.388 e. The van der Waals surface area contributed by atoms with Gasteiger partial charge in [0.15, 0.2) is 0 Å². The van der Waals surface area contributed by atoms with Crippen LogP contribution in [0.1, 0.15) is 5.56 Å². The van der Waals surface area contributed by atoms with Gasteiger partial charge in [-0.3, -0.25) is 4.79 Å². The topological polar surface area (TPSA) is 44.4 Å². The fourth-order valence-corrected chi connectivity index (χ4v) is 4.05. The van der Waals surface area contributed by atoms with E-state index in [1.54, 1.807) is 19.2 Å². The largest absolute Gasteiger partial charge is 0.388 e. The molecule has 0 unspecified atom stereocenters. The third kappa shape index (κ3) is 5.99. The van der Waals surface area contributed by atoms with Crippen molar-refractivity contribution in [1.29, 1.82) is 0 Å². The highest BCUT2D eigenvalue weighted by Gasteiger charge is 2.17. The normalized spacial score (nSPS) is 12.3. The Balaban J connectivity index is 0.000000224. The number of carbonyl (C=O) groups is 1. The predicted octanol–water partition coefficient (Wildman–Crippen LogP) is 5.23. The summed E-state index contributed by atoms with van der Waals surface area (Å²) in [7, 11) is 1.80. The summed E-state index contributed by atoms with van der Waals surface area (Å²) in [6.45, 7) is 1.93. The quantitative estimate of drug-likeness (QED) is 0.566. The van der Waals surface area contributed by atoms with E-state index in [1.165, 1.54) is 28.3 Å². The van der Waals surface area contributed by atoms with Crippen molar-refractivity contribution in [3.05, 3.63) is 84.2 Å². The Morgan fingerprint density at radius 2 is 1.76 bits per heavy atom. The van der Waals surface area contributed by atoms with Gasteiger partial charge in [0.05, 0.1) is 5.69 Å². The first-order valence-corrected chi connectivity index (χ1v) is 10.4. The van der Waals surface area contributed by atoms with Crippen molar-refractivity contribution in [3.63, 3.8) is 0 Å². The number of nitrogens with one attached hydrogen (secondary N) is 2. The molecule has 1 amide bonds. The van der Waals surface area contributed by atoms with Crippen molar-refractivity contribution in [2.24, 2.45) is 0 Å². The number of thioether (sulfide) groups is 1. The van der Waals surface area contributed by atoms with E-state index in [0.29, 0.717) is 0 Å². The standard InChI is InChI=1S/C16H16N2OS.C7H8FN/c19-12-17-14-6-7-16-15(10-14)18(8-9-20-16)11-13-4-2-1-3-5-13;1-9-7-4-2-6(8)3-5-7/h1-7,10,12H,8-9,11H2,(H,17,19);2-5,9H,1H3. The summed E-state index contributed by atoms with van der Waals surface area (Å²) in [6.07, 6.45) is 0.721. The summed E-state index contributed by atoms with van der Waals surface area (Å²) in [4.78, 5) is 14.2. The molecular weight excluding hydrogens is 385 g/mol. The monoisotopic (exact) mass is 409 g/mol. The smallest absolute Gasteiger partial charge is 0.211 e. The highest BCUT2D eigenvalue weighted by Crippen LogP contribution is 2.37. The molecule has 4 rings (SSSR count). The van der Waals surface area contributed by atoms with Crippen LogP contribution in [0.2, 0.25) is 0 Å². The lowest BCUT2D eigenvalue weighted by Gasteiger charge is -2.31. The van der Waals surface area contributed by atoms with Gasteiger partial charge in [0, 0.05) is 42.2 Å². The Bertz CT molecular complexity index is 919. The van der Waals surface area contributed by atoms with E-state index < -0.39 is 0 Å². The van der Waals surface area contributed by atoms with Crippen LogP contribution in [0.15, 0.2) is 77.7 Å². The maximum Gasteiger partial charge on any atom is 0.211 e. The van der Waals surface area contributed by atoms with Crippen molar-refractivity contribution in [2.75, 3.05) is 34.9 Å². The Kier molecular flexibility index (Phi) is 7.53. The number of rotatable bonds is 5. The summed E-state index contributed by atoms with van der Waals surface area (Å²) in [5, 5.41) is 5.61. The van der Waals surface area contributed by atoms with E-state index >= 15 is 0 Å². The number of nitrogens with zero attached hydrogens (tertiary/aromatic N) is 1. The Labute approximate surface area is 175 Å². The van der Waals surface area contributed by atoms with Gasteiger partial charge in [-0.25, -0.2) is 4.39 Å². The van der Waals surface area contributed by atoms with Gasteiger partial charge < -0.3 is 15.5 Å². The second kappa shape index (κ2) is 10.5. The fraction of sp³-hybridized carbons (Fsp3) is 0.174. The summed E-state index contributed by atoms with van der Waals surface area (Å²) in [5.41, 5.74) is 4.28. The molecule has 0 radical (unpaired) electrons. The molecule has 0 fully saturated rings. The summed E-state index contributed by atoms with van der Waals surface area (Å²) in [5.74, 6) is 0.898. The zero-order chi connectivity index (χ0) is 20.5. The zero-order valence-corrected chi connectivity index (χ0v) is 17.1. The van der Waals surface area contributed by atoms with Gasteiger partial charge in [0.25, 0.3) is 0 Å². The van der Waals surface area contributed by atoms with Crippen LogP contribution in [0.4, 0.5) is 21.5 Å². The molecule has 1 aliphatic heterocycles. The second-order valence-electron chi connectivity index (χ2n) is 6.46. The Hall–Kier alpha value is -2.99. The maximum absolute atomic E-state index is 12.2. The van der Waals surface area contributed by atoms with Crippen LogP contribution < -0.4 is 15.5 Å². The molecule has 1 heterocycles. The van der Waals surface area contributed by atoms with Gasteiger partial charge in [0.1, 0.15) is 5.82 Å². The van der Waals surface area contributed by atoms with Gasteiger partial charge >= 0.3 is 0 Å². The minimum absolute atomic E-state index is 0.200. The molecule has 4 nitrogen and oxygen atoms in total. The molecule has 2 N–H and O–H groups in total. The first-order valence-electron chi connectivity index (χ1n) is 9.39. The van der Waals surface area contributed by atoms with E-state index in [1.807, 2.05) is 23.9 Å². The lowest BCUT2D eigenvalue weighted by Crippen LogP contribution is -2.28. The van der Waals surface area contributed by atoms with E-state index in [0.717, 1.165) is 36.6 Å². The maximum atomic E-state index is 12.2. The highest BCUT2D eigenvalue weighted by atomic mass is 32.2. The van der Waals surface area contributed by atoms with Gasteiger partial charge in [-0.1, -0.05) is 30.3 Å². The highest BCUT2D eigenvalue weighted by molar-refractivity contribution is 7.99. The first kappa shape index (κ1) is 20.7. The van der Waals surface area contributed by atoms with Crippen molar-refractivity contribution < 1.29 is 9.18 Å². The molecule has 0 spiro atoms. The van der Waals surface area contributed by atoms with E-state index in [-0.39, 0.29) is 5.82 Å². The van der Waals surface area contributed by atoms with E-state index in [4.69, 9.17) is 0 Å². The fourth-order valence-electron chi connectivity index (χ4n) is 3.02. The second-order valence-corrected chi connectivity index (χ2v) is 7.59. The Morgan fingerprint density at radius 3 is 2.45 bits per heavy atom. The van der Waals surface area contributed by atoms with Gasteiger partial charge in [-0.05, 0) is 48.0 Å². The third-order valence-corrected chi connectivity index (χ3v) is 5.54. The van der Waals surface area contributed by atoms with Gasteiger partial charge in [0.2, 0.25) is 6.41 Å².